The Morgan fingerprint density at radius 2 is 1.69 bits per heavy atom. The third-order valence-electron chi connectivity index (χ3n) is 6.73. The number of hydrogen-bond donors (Lipinski definition) is 2. The van der Waals surface area contributed by atoms with Crippen molar-refractivity contribution < 1.29 is 19.5 Å². The fourth-order valence-corrected chi connectivity index (χ4v) is 4.47. The molecular weight excluding hydrogens is 406 g/mol. The quantitative estimate of drug-likeness (QED) is 0.496. The van der Waals surface area contributed by atoms with Crippen molar-refractivity contribution >= 4 is 17.8 Å². The predicted molar refractivity (Wildman–Crippen MR) is 128 cm³/mol. The highest BCUT2D eigenvalue weighted by Gasteiger charge is 2.37. The summed E-state index contributed by atoms with van der Waals surface area (Å²) in [6, 6.07) is -1.01. The molecule has 0 aromatic carbocycles. The Morgan fingerprint density at radius 3 is 2.12 bits per heavy atom. The number of carbonyl (C=O) groups is 3. The molecule has 1 rings (SSSR count). The molecule has 0 aliphatic carbocycles. The highest BCUT2D eigenvalue weighted by atomic mass is 16.4. The van der Waals surface area contributed by atoms with E-state index in [1.165, 1.54) is 6.92 Å². The van der Waals surface area contributed by atoms with Gasteiger partial charge in [0, 0.05) is 25.2 Å². The van der Waals surface area contributed by atoms with Crippen molar-refractivity contribution in [1.82, 2.24) is 15.1 Å². The summed E-state index contributed by atoms with van der Waals surface area (Å²) < 4.78 is 0. The van der Waals surface area contributed by atoms with Crippen LogP contribution in [0.1, 0.15) is 74.7 Å². The first kappa shape index (κ1) is 28.1. The SMILES string of the molecule is CCC1CC[C@H](C(=O)N[C@H](C(=O)N(C)[C@H](C=C(C)C(=O)O)C(C)C)C(C)C)N(C(C)C)C1. The molecule has 0 spiro atoms. The Labute approximate surface area is 194 Å². The first-order valence-corrected chi connectivity index (χ1v) is 12.1. The van der Waals surface area contributed by atoms with Crippen molar-refractivity contribution in [3.05, 3.63) is 11.6 Å². The van der Waals surface area contributed by atoms with Crippen LogP contribution in [0.15, 0.2) is 11.6 Å². The summed E-state index contributed by atoms with van der Waals surface area (Å²) in [5, 5.41) is 12.3. The molecule has 2 N–H and O–H groups in total. The van der Waals surface area contributed by atoms with Crippen molar-refractivity contribution in [1.29, 1.82) is 0 Å². The van der Waals surface area contributed by atoms with Crippen molar-refractivity contribution in [3.8, 4) is 0 Å². The van der Waals surface area contributed by atoms with Crippen LogP contribution in [0.5, 0.6) is 0 Å². The van der Waals surface area contributed by atoms with Gasteiger partial charge in [0.05, 0.1) is 12.1 Å². The van der Waals surface area contributed by atoms with E-state index in [4.69, 9.17) is 0 Å². The molecule has 0 radical (unpaired) electrons. The average Bonchev–Trinajstić information content (AvgIpc) is 2.73. The number of rotatable bonds is 10. The number of likely N-dealkylation sites (tertiary alicyclic amines) is 1. The first-order valence-electron chi connectivity index (χ1n) is 12.1. The van der Waals surface area contributed by atoms with E-state index in [2.05, 4.69) is 31.0 Å². The Morgan fingerprint density at radius 1 is 1.09 bits per heavy atom. The molecule has 1 fully saturated rings. The smallest absolute Gasteiger partial charge is 0.331 e. The molecule has 1 aliphatic rings. The van der Waals surface area contributed by atoms with Gasteiger partial charge in [0.15, 0.2) is 0 Å². The van der Waals surface area contributed by atoms with E-state index < -0.39 is 12.0 Å². The van der Waals surface area contributed by atoms with Gasteiger partial charge in [-0.15, -0.1) is 0 Å². The first-order chi connectivity index (χ1) is 14.8. The Kier molecular flexibility index (Phi) is 10.9. The van der Waals surface area contributed by atoms with Gasteiger partial charge < -0.3 is 15.3 Å². The van der Waals surface area contributed by atoms with Crippen LogP contribution in [0.2, 0.25) is 0 Å². The van der Waals surface area contributed by atoms with Crippen molar-refractivity contribution in [2.24, 2.45) is 17.8 Å². The molecule has 1 heterocycles. The minimum absolute atomic E-state index is 0.0301. The lowest BCUT2D eigenvalue weighted by atomic mass is 9.89. The minimum Gasteiger partial charge on any atom is -0.478 e. The molecule has 1 saturated heterocycles. The molecule has 7 nitrogen and oxygen atoms in total. The topological polar surface area (TPSA) is 90.0 Å². The zero-order valence-electron chi connectivity index (χ0n) is 21.5. The van der Waals surface area contributed by atoms with Gasteiger partial charge in [-0.05, 0) is 51.4 Å². The van der Waals surface area contributed by atoms with Crippen LogP contribution in [-0.4, -0.2) is 70.4 Å². The predicted octanol–water partition coefficient (Wildman–Crippen LogP) is 3.54. The summed E-state index contributed by atoms with van der Waals surface area (Å²) in [4.78, 5) is 41.9. The fourth-order valence-electron chi connectivity index (χ4n) is 4.47. The number of piperidine rings is 1. The number of hydrogen-bond acceptors (Lipinski definition) is 4. The van der Waals surface area contributed by atoms with Crippen LogP contribution < -0.4 is 5.32 Å². The Balaban J connectivity index is 3.06. The summed E-state index contributed by atoms with van der Waals surface area (Å²) in [5.41, 5.74) is 0.203. The fraction of sp³-hybridized carbons (Fsp3) is 0.800. The van der Waals surface area contributed by atoms with Gasteiger partial charge in [-0.3, -0.25) is 14.5 Å². The van der Waals surface area contributed by atoms with E-state index in [-0.39, 0.29) is 47.3 Å². The number of carboxylic acid groups (broad SMARTS) is 1. The van der Waals surface area contributed by atoms with Crippen LogP contribution in [0.25, 0.3) is 0 Å². The van der Waals surface area contributed by atoms with E-state index >= 15 is 0 Å². The summed E-state index contributed by atoms with van der Waals surface area (Å²) in [6.45, 7) is 16.6. The van der Waals surface area contributed by atoms with Gasteiger partial charge in [-0.1, -0.05) is 47.1 Å². The van der Waals surface area contributed by atoms with Crippen molar-refractivity contribution in [2.45, 2.75) is 98.8 Å². The molecule has 1 aliphatic heterocycles. The molecular formula is C25H45N3O4. The zero-order chi connectivity index (χ0) is 24.7. The number of aliphatic carboxylic acids is 1. The number of nitrogens with one attached hydrogen (secondary N) is 1. The number of likely N-dealkylation sites (N-methyl/N-ethyl adjacent to an activating group) is 1. The lowest BCUT2D eigenvalue weighted by Gasteiger charge is -2.42. The van der Waals surface area contributed by atoms with Crippen LogP contribution in [0.4, 0.5) is 0 Å². The standard InChI is InChI=1S/C25H45N3O4/c1-10-19-11-12-20(28(14-19)17(6)7)23(29)26-22(16(4)5)24(30)27(9)21(15(2)3)13-18(8)25(31)32/h13,15-17,19-22H,10-12,14H2,1-9H3,(H,26,29)(H,31,32)/t19?,20-,21-,22+/m1/s1. The molecule has 184 valence electrons. The highest BCUT2D eigenvalue weighted by molar-refractivity contribution is 5.90. The third-order valence-corrected chi connectivity index (χ3v) is 6.73. The van der Waals surface area contributed by atoms with E-state index in [1.807, 2.05) is 27.7 Å². The molecule has 32 heavy (non-hydrogen) atoms. The van der Waals surface area contributed by atoms with Gasteiger partial charge >= 0.3 is 5.97 Å². The number of nitrogens with zero attached hydrogens (tertiary/aromatic N) is 2. The van der Waals surface area contributed by atoms with E-state index in [1.54, 1.807) is 18.0 Å². The van der Waals surface area contributed by atoms with E-state index in [9.17, 15) is 19.5 Å². The zero-order valence-corrected chi connectivity index (χ0v) is 21.5. The maximum atomic E-state index is 13.4. The molecule has 0 bridgehead atoms. The summed E-state index contributed by atoms with van der Waals surface area (Å²) in [5.74, 6) is -0.743. The molecule has 0 aromatic heterocycles. The van der Waals surface area contributed by atoms with Crippen LogP contribution >= 0.6 is 0 Å². The molecule has 2 amide bonds. The lowest BCUT2D eigenvalue weighted by Crippen LogP contribution is -2.59. The summed E-state index contributed by atoms with van der Waals surface area (Å²) in [7, 11) is 1.69. The van der Waals surface area contributed by atoms with Gasteiger partial charge in [0.1, 0.15) is 6.04 Å². The van der Waals surface area contributed by atoms with E-state index in [0.29, 0.717) is 5.92 Å². The van der Waals surface area contributed by atoms with Crippen LogP contribution in [0.3, 0.4) is 0 Å². The van der Waals surface area contributed by atoms with Gasteiger partial charge in [0.25, 0.3) is 0 Å². The molecule has 4 atom stereocenters. The number of carboxylic acids is 1. The number of amides is 2. The van der Waals surface area contributed by atoms with Gasteiger partial charge in [-0.25, -0.2) is 4.79 Å². The second-order valence-corrected chi connectivity index (χ2v) is 10.2. The summed E-state index contributed by atoms with van der Waals surface area (Å²) >= 11 is 0. The largest absolute Gasteiger partial charge is 0.478 e. The molecule has 0 saturated carbocycles. The monoisotopic (exact) mass is 451 g/mol. The third kappa shape index (κ3) is 7.32. The maximum absolute atomic E-state index is 13.4. The van der Waals surface area contributed by atoms with Crippen LogP contribution in [-0.2, 0) is 14.4 Å². The molecule has 1 unspecified atom stereocenters. The molecule has 7 heteroatoms. The normalized spacial score (nSPS) is 22.2. The second kappa shape index (κ2) is 12.4. The summed E-state index contributed by atoms with van der Waals surface area (Å²) in [6.07, 6.45) is 4.55. The lowest BCUT2D eigenvalue weighted by molar-refractivity contribution is -0.140. The van der Waals surface area contributed by atoms with Crippen molar-refractivity contribution in [2.75, 3.05) is 13.6 Å². The maximum Gasteiger partial charge on any atom is 0.331 e. The highest BCUT2D eigenvalue weighted by Crippen LogP contribution is 2.26. The van der Waals surface area contributed by atoms with Crippen LogP contribution in [0, 0.1) is 17.8 Å². The average molecular weight is 452 g/mol. The van der Waals surface area contributed by atoms with Gasteiger partial charge in [0.2, 0.25) is 11.8 Å². The molecule has 0 aromatic rings. The van der Waals surface area contributed by atoms with Crippen molar-refractivity contribution in [3.63, 3.8) is 0 Å². The number of carbonyl (C=O) groups excluding carboxylic acids is 2. The second-order valence-electron chi connectivity index (χ2n) is 10.2. The van der Waals surface area contributed by atoms with E-state index in [0.717, 1.165) is 25.8 Å². The minimum atomic E-state index is -0.998. The Hall–Kier alpha value is -1.89. The Bertz CT molecular complexity index is 687. The van der Waals surface area contributed by atoms with Gasteiger partial charge in [-0.2, -0.15) is 0 Å².